The quantitative estimate of drug-likeness (QED) is 0.174. The average molecular weight is 634 g/mol. The van der Waals surface area contributed by atoms with Gasteiger partial charge in [0.15, 0.2) is 0 Å². The minimum absolute atomic E-state index is 1.19. The molecule has 0 bridgehead atoms. The molecule has 10 rings (SSSR count). The summed E-state index contributed by atoms with van der Waals surface area (Å²) in [5.74, 6) is 0. The average Bonchev–Trinajstić information content (AvgIpc) is 3.72. The Morgan fingerprint density at radius 2 is 0.979 bits per heavy atom. The van der Waals surface area contributed by atoms with E-state index in [1.54, 1.807) is 0 Å². The Morgan fingerprint density at radius 1 is 0.362 bits per heavy atom. The molecule has 10 aromatic rings. The SMILES string of the molecule is c1ccc(-c2ccc(N(c3cc4ccccc4c4ccccc34)c3cccc4sc5ccccc5c34)c3sc4ccccc4c23)cc1. The van der Waals surface area contributed by atoms with Crippen molar-refractivity contribution in [3.05, 3.63) is 164 Å². The van der Waals surface area contributed by atoms with E-state index in [-0.39, 0.29) is 0 Å². The summed E-state index contributed by atoms with van der Waals surface area (Å²) in [6, 6.07) is 60.2. The number of fused-ring (bicyclic) bond motifs is 9. The molecular weight excluding hydrogens is 607 g/mol. The molecule has 8 aromatic carbocycles. The smallest absolute Gasteiger partial charge is 0.0641 e. The fraction of sp³-hybridized carbons (Fsp3) is 0. The highest BCUT2D eigenvalue weighted by molar-refractivity contribution is 7.26. The van der Waals surface area contributed by atoms with Gasteiger partial charge in [-0.05, 0) is 63.7 Å². The van der Waals surface area contributed by atoms with Gasteiger partial charge in [-0.3, -0.25) is 0 Å². The predicted molar refractivity (Wildman–Crippen MR) is 207 cm³/mol. The molecule has 0 atom stereocenters. The van der Waals surface area contributed by atoms with Crippen LogP contribution in [-0.4, -0.2) is 0 Å². The molecule has 220 valence electrons. The molecule has 0 radical (unpaired) electrons. The van der Waals surface area contributed by atoms with Crippen LogP contribution in [0.4, 0.5) is 17.1 Å². The number of anilines is 3. The minimum Gasteiger partial charge on any atom is -0.308 e. The standard InChI is InChI=1S/C44H27NS2/c1-2-13-28(14-3-1)31-25-26-37(44-42(31)34-19-8-11-23-40(34)47-44)45(36-21-12-24-41-43(36)35-20-9-10-22-39(35)46-41)38-27-29-15-4-5-16-30(29)32-17-6-7-18-33(32)38/h1-27H. The van der Waals surface area contributed by atoms with Gasteiger partial charge in [0.1, 0.15) is 0 Å². The van der Waals surface area contributed by atoms with Crippen LogP contribution in [0.1, 0.15) is 0 Å². The summed E-state index contributed by atoms with van der Waals surface area (Å²) in [4.78, 5) is 2.56. The highest BCUT2D eigenvalue weighted by atomic mass is 32.1. The Balaban J connectivity index is 1.39. The number of thiophene rings is 2. The van der Waals surface area contributed by atoms with Gasteiger partial charge in [0.05, 0.1) is 21.8 Å². The summed E-state index contributed by atoms with van der Waals surface area (Å²) in [5.41, 5.74) is 6.09. The number of hydrogen-bond donors (Lipinski definition) is 0. The van der Waals surface area contributed by atoms with Gasteiger partial charge in [-0.1, -0.05) is 127 Å². The van der Waals surface area contributed by atoms with Crippen molar-refractivity contribution in [2.75, 3.05) is 4.90 Å². The van der Waals surface area contributed by atoms with E-state index in [2.05, 4.69) is 169 Å². The molecule has 0 N–H and O–H groups in total. The van der Waals surface area contributed by atoms with Gasteiger partial charge in [-0.25, -0.2) is 0 Å². The van der Waals surface area contributed by atoms with E-state index in [4.69, 9.17) is 0 Å². The van der Waals surface area contributed by atoms with Gasteiger partial charge >= 0.3 is 0 Å². The normalized spacial score (nSPS) is 11.8. The molecule has 0 fully saturated rings. The molecule has 1 nitrogen and oxygen atoms in total. The highest BCUT2D eigenvalue weighted by Crippen LogP contribution is 2.52. The topological polar surface area (TPSA) is 3.24 Å². The maximum atomic E-state index is 2.56. The summed E-state index contributed by atoms with van der Waals surface area (Å²) in [6.07, 6.45) is 0. The molecule has 0 spiro atoms. The Hall–Kier alpha value is -5.48. The molecular formula is C44H27NS2. The number of rotatable bonds is 4. The van der Waals surface area contributed by atoms with Crippen LogP contribution in [0.15, 0.2) is 164 Å². The van der Waals surface area contributed by atoms with Crippen molar-refractivity contribution in [1.82, 2.24) is 0 Å². The molecule has 0 unspecified atom stereocenters. The van der Waals surface area contributed by atoms with Crippen molar-refractivity contribution in [3.63, 3.8) is 0 Å². The number of hydrogen-bond acceptors (Lipinski definition) is 3. The van der Waals surface area contributed by atoms with Crippen molar-refractivity contribution >= 4 is 102 Å². The maximum absolute atomic E-state index is 2.56. The summed E-state index contributed by atoms with van der Waals surface area (Å²) in [5, 5.41) is 10.2. The maximum Gasteiger partial charge on any atom is 0.0641 e. The van der Waals surface area contributed by atoms with Crippen molar-refractivity contribution < 1.29 is 0 Å². The van der Waals surface area contributed by atoms with Crippen molar-refractivity contribution in [2.45, 2.75) is 0 Å². The van der Waals surface area contributed by atoms with E-state index in [0.717, 1.165) is 0 Å². The summed E-state index contributed by atoms with van der Waals surface area (Å²) in [7, 11) is 0. The lowest BCUT2D eigenvalue weighted by Gasteiger charge is -2.29. The lowest BCUT2D eigenvalue weighted by atomic mass is 9.96. The zero-order valence-electron chi connectivity index (χ0n) is 25.4. The molecule has 47 heavy (non-hydrogen) atoms. The molecule has 0 aliphatic heterocycles. The van der Waals surface area contributed by atoms with E-state index < -0.39 is 0 Å². The zero-order chi connectivity index (χ0) is 30.9. The first-order valence-corrected chi connectivity index (χ1v) is 17.6. The third-order valence-electron chi connectivity index (χ3n) is 9.44. The van der Waals surface area contributed by atoms with Crippen LogP contribution < -0.4 is 4.90 Å². The third-order valence-corrected chi connectivity index (χ3v) is 11.8. The molecule has 0 saturated carbocycles. The van der Waals surface area contributed by atoms with Crippen LogP contribution in [0.3, 0.4) is 0 Å². The fourth-order valence-corrected chi connectivity index (χ4v) is 9.76. The first kappa shape index (κ1) is 26.7. The van der Waals surface area contributed by atoms with E-state index in [0.29, 0.717) is 0 Å². The Labute approximate surface area is 280 Å². The Morgan fingerprint density at radius 3 is 1.79 bits per heavy atom. The third kappa shape index (κ3) is 4.07. The first-order chi connectivity index (χ1) is 23.3. The van der Waals surface area contributed by atoms with Crippen molar-refractivity contribution in [2.24, 2.45) is 0 Å². The second-order valence-corrected chi connectivity index (χ2v) is 14.2. The van der Waals surface area contributed by atoms with Crippen LogP contribution in [0.2, 0.25) is 0 Å². The predicted octanol–water partition coefficient (Wildman–Crippen LogP) is 13.9. The van der Waals surface area contributed by atoms with E-state index >= 15 is 0 Å². The molecule has 3 heteroatoms. The molecule has 0 saturated heterocycles. The Kier molecular flexibility index (Phi) is 5.98. The first-order valence-electron chi connectivity index (χ1n) is 15.9. The van der Waals surface area contributed by atoms with Gasteiger partial charge in [0, 0.05) is 41.0 Å². The van der Waals surface area contributed by atoms with Crippen molar-refractivity contribution in [3.8, 4) is 11.1 Å². The van der Waals surface area contributed by atoms with Crippen LogP contribution in [0, 0.1) is 0 Å². The van der Waals surface area contributed by atoms with Gasteiger partial charge in [-0.15, -0.1) is 22.7 Å². The second kappa shape index (κ2) is 10.5. The van der Waals surface area contributed by atoms with Crippen molar-refractivity contribution in [1.29, 1.82) is 0 Å². The minimum atomic E-state index is 1.19. The van der Waals surface area contributed by atoms with E-state index in [1.807, 2.05) is 22.7 Å². The molecule has 0 amide bonds. The lowest BCUT2D eigenvalue weighted by Crippen LogP contribution is -2.11. The summed E-state index contributed by atoms with van der Waals surface area (Å²) >= 11 is 3.77. The van der Waals surface area contributed by atoms with Crippen LogP contribution >= 0.6 is 22.7 Å². The van der Waals surface area contributed by atoms with Crippen LogP contribution in [-0.2, 0) is 0 Å². The second-order valence-electron chi connectivity index (χ2n) is 12.0. The summed E-state index contributed by atoms with van der Waals surface area (Å²) < 4.78 is 5.20. The largest absolute Gasteiger partial charge is 0.308 e. The molecule has 0 aliphatic rings. The zero-order valence-corrected chi connectivity index (χ0v) is 27.0. The van der Waals surface area contributed by atoms with E-state index in [1.165, 1.54) is 90.1 Å². The molecule has 2 aromatic heterocycles. The number of benzene rings is 8. The van der Waals surface area contributed by atoms with Gasteiger partial charge < -0.3 is 4.90 Å². The molecule has 2 heterocycles. The fourth-order valence-electron chi connectivity index (χ4n) is 7.40. The molecule has 0 aliphatic carbocycles. The monoisotopic (exact) mass is 633 g/mol. The van der Waals surface area contributed by atoms with Crippen LogP contribution in [0.25, 0.3) is 73.0 Å². The van der Waals surface area contributed by atoms with Crippen LogP contribution in [0.5, 0.6) is 0 Å². The summed E-state index contributed by atoms with van der Waals surface area (Å²) in [6.45, 7) is 0. The van der Waals surface area contributed by atoms with Gasteiger partial charge in [-0.2, -0.15) is 0 Å². The van der Waals surface area contributed by atoms with E-state index in [9.17, 15) is 0 Å². The number of nitrogens with zero attached hydrogens (tertiary/aromatic N) is 1. The lowest BCUT2D eigenvalue weighted by molar-refractivity contribution is 1.34. The highest BCUT2D eigenvalue weighted by Gasteiger charge is 2.25. The Bertz CT molecular complexity index is 2810. The van der Waals surface area contributed by atoms with Gasteiger partial charge in [0.2, 0.25) is 0 Å². The van der Waals surface area contributed by atoms with Gasteiger partial charge in [0.25, 0.3) is 0 Å².